The van der Waals surface area contributed by atoms with Gasteiger partial charge in [0, 0.05) is 12.4 Å². The minimum atomic E-state index is 0.697. The van der Waals surface area contributed by atoms with Gasteiger partial charge in [-0.1, -0.05) is 49.6 Å². The van der Waals surface area contributed by atoms with Crippen molar-refractivity contribution in [3.05, 3.63) is 60.7 Å². The standard InChI is InChI=1S/C14H16N2/c1-3-9-15-11-13-5-7-14(8-6-13)12-16-10-4-2/h3-10H,1-2,11-12H2. The Morgan fingerprint density at radius 3 is 1.50 bits per heavy atom. The van der Waals surface area contributed by atoms with E-state index >= 15 is 0 Å². The molecule has 0 saturated carbocycles. The fourth-order valence-corrected chi connectivity index (χ4v) is 1.22. The lowest BCUT2D eigenvalue weighted by atomic mass is 10.1. The molecule has 2 heteroatoms. The van der Waals surface area contributed by atoms with Crippen LogP contribution in [0.4, 0.5) is 0 Å². The Hall–Kier alpha value is -1.96. The van der Waals surface area contributed by atoms with Crippen LogP contribution >= 0.6 is 0 Å². The third kappa shape index (κ3) is 4.51. The summed E-state index contributed by atoms with van der Waals surface area (Å²) in [6.45, 7) is 8.54. The van der Waals surface area contributed by atoms with Crippen LogP contribution < -0.4 is 0 Å². The average molecular weight is 212 g/mol. The van der Waals surface area contributed by atoms with Gasteiger partial charge in [-0.05, 0) is 11.1 Å². The molecule has 2 nitrogen and oxygen atoms in total. The lowest BCUT2D eigenvalue weighted by Gasteiger charge is -1.99. The molecule has 0 amide bonds. The van der Waals surface area contributed by atoms with Crippen molar-refractivity contribution in [2.45, 2.75) is 13.1 Å². The van der Waals surface area contributed by atoms with E-state index in [0.717, 1.165) is 0 Å². The molecule has 0 N–H and O–H groups in total. The molecule has 0 spiro atoms. The minimum absolute atomic E-state index is 0.697. The van der Waals surface area contributed by atoms with Crippen molar-refractivity contribution in [1.29, 1.82) is 0 Å². The van der Waals surface area contributed by atoms with Gasteiger partial charge in [-0.2, -0.15) is 0 Å². The number of rotatable bonds is 6. The van der Waals surface area contributed by atoms with Crippen LogP contribution in [0.3, 0.4) is 0 Å². The molecular weight excluding hydrogens is 196 g/mol. The summed E-state index contributed by atoms with van der Waals surface area (Å²) in [5.41, 5.74) is 2.38. The minimum Gasteiger partial charge on any atom is -0.288 e. The largest absolute Gasteiger partial charge is 0.288 e. The van der Waals surface area contributed by atoms with Crippen molar-refractivity contribution in [3.63, 3.8) is 0 Å². The molecule has 0 saturated heterocycles. The Bertz CT molecular complexity index is 347. The van der Waals surface area contributed by atoms with Crippen molar-refractivity contribution in [1.82, 2.24) is 0 Å². The van der Waals surface area contributed by atoms with Crippen molar-refractivity contribution in [2.24, 2.45) is 9.98 Å². The predicted molar refractivity (Wildman–Crippen MR) is 71.2 cm³/mol. The Labute approximate surface area is 96.8 Å². The summed E-state index contributed by atoms with van der Waals surface area (Å²) in [5, 5.41) is 0. The molecule has 0 fully saturated rings. The van der Waals surface area contributed by atoms with E-state index in [0.29, 0.717) is 13.1 Å². The highest BCUT2D eigenvalue weighted by atomic mass is 14.7. The molecule has 0 aliphatic heterocycles. The van der Waals surface area contributed by atoms with Crippen molar-refractivity contribution in [3.8, 4) is 0 Å². The van der Waals surface area contributed by atoms with Crippen LogP contribution in [0.25, 0.3) is 0 Å². The molecule has 0 aromatic heterocycles. The Morgan fingerprint density at radius 1 is 0.812 bits per heavy atom. The second-order valence-electron chi connectivity index (χ2n) is 3.27. The van der Waals surface area contributed by atoms with Crippen LogP contribution in [0, 0.1) is 0 Å². The second-order valence-corrected chi connectivity index (χ2v) is 3.27. The number of benzene rings is 1. The maximum Gasteiger partial charge on any atom is 0.0639 e. The third-order valence-electron chi connectivity index (χ3n) is 1.99. The Kier molecular flexibility index (Phi) is 5.56. The van der Waals surface area contributed by atoms with E-state index in [9.17, 15) is 0 Å². The van der Waals surface area contributed by atoms with Gasteiger partial charge in [0.25, 0.3) is 0 Å². The monoisotopic (exact) mass is 212 g/mol. The quantitative estimate of drug-likeness (QED) is 0.647. The molecule has 0 atom stereocenters. The van der Waals surface area contributed by atoms with E-state index in [-0.39, 0.29) is 0 Å². The fourth-order valence-electron chi connectivity index (χ4n) is 1.22. The molecule has 0 unspecified atom stereocenters. The summed E-state index contributed by atoms with van der Waals surface area (Å²) >= 11 is 0. The van der Waals surface area contributed by atoms with Gasteiger partial charge >= 0.3 is 0 Å². The van der Waals surface area contributed by atoms with Crippen LogP contribution in [-0.2, 0) is 13.1 Å². The van der Waals surface area contributed by atoms with E-state index in [2.05, 4.69) is 47.4 Å². The normalized spacial score (nSPS) is 11.0. The molecule has 0 radical (unpaired) electrons. The first-order chi connectivity index (χ1) is 7.86. The zero-order valence-corrected chi connectivity index (χ0v) is 9.34. The summed E-state index contributed by atoms with van der Waals surface area (Å²) in [7, 11) is 0. The van der Waals surface area contributed by atoms with Gasteiger partial charge in [0.15, 0.2) is 0 Å². The first-order valence-corrected chi connectivity index (χ1v) is 5.16. The summed E-state index contributed by atoms with van der Waals surface area (Å²) in [4.78, 5) is 8.36. The number of hydrogen-bond donors (Lipinski definition) is 0. The average Bonchev–Trinajstić information content (AvgIpc) is 2.32. The zero-order chi connectivity index (χ0) is 11.6. The van der Waals surface area contributed by atoms with Gasteiger partial charge in [-0.3, -0.25) is 9.98 Å². The van der Waals surface area contributed by atoms with E-state index in [1.807, 2.05) is 0 Å². The molecule has 16 heavy (non-hydrogen) atoms. The molecule has 0 aliphatic carbocycles. The first kappa shape index (κ1) is 12.1. The highest BCUT2D eigenvalue weighted by Crippen LogP contribution is 2.06. The van der Waals surface area contributed by atoms with Gasteiger partial charge in [0.2, 0.25) is 0 Å². The molecule has 1 rings (SSSR count). The molecule has 1 aromatic rings. The Morgan fingerprint density at radius 2 is 1.19 bits per heavy atom. The van der Waals surface area contributed by atoms with Crippen molar-refractivity contribution < 1.29 is 0 Å². The summed E-state index contributed by atoms with van der Waals surface area (Å²) in [6.07, 6.45) is 6.78. The second kappa shape index (κ2) is 7.35. The summed E-state index contributed by atoms with van der Waals surface area (Å²) in [5.74, 6) is 0. The van der Waals surface area contributed by atoms with Crippen LogP contribution in [0.5, 0.6) is 0 Å². The van der Waals surface area contributed by atoms with Crippen LogP contribution in [0.2, 0.25) is 0 Å². The van der Waals surface area contributed by atoms with Crippen molar-refractivity contribution >= 4 is 12.4 Å². The highest BCUT2D eigenvalue weighted by molar-refractivity contribution is 5.70. The smallest absolute Gasteiger partial charge is 0.0639 e. The van der Waals surface area contributed by atoms with Gasteiger partial charge < -0.3 is 0 Å². The van der Waals surface area contributed by atoms with Gasteiger partial charge in [0.05, 0.1) is 13.1 Å². The highest BCUT2D eigenvalue weighted by Gasteiger charge is 1.92. The maximum absolute atomic E-state index is 4.18. The van der Waals surface area contributed by atoms with E-state index in [4.69, 9.17) is 0 Å². The molecule has 82 valence electrons. The number of aliphatic imine (C=N–C) groups is 2. The summed E-state index contributed by atoms with van der Waals surface area (Å²) in [6, 6.07) is 8.27. The number of allylic oxidation sites excluding steroid dienone is 2. The number of hydrogen-bond acceptors (Lipinski definition) is 2. The maximum atomic E-state index is 4.18. The molecule has 0 heterocycles. The molecule has 1 aromatic carbocycles. The van der Waals surface area contributed by atoms with E-state index in [1.54, 1.807) is 24.6 Å². The third-order valence-corrected chi connectivity index (χ3v) is 1.99. The topological polar surface area (TPSA) is 24.7 Å². The first-order valence-electron chi connectivity index (χ1n) is 5.16. The van der Waals surface area contributed by atoms with Crippen LogP contribution in [-0.4, -0.2) is 12.4 Å². The summed E-state index contributed by atoms with van der Waals surface area (Å²) < 4.78 is 0. The van der Waals surface area contributed by atoms with Crippen LogP contribution in [0.15, 0.2) is 59.6 Å². The molecule has 0 bridgehead atoms. The Balaban J connectivity index is 2.53. The van der Waals surface area contributed by atoms with E-state index in [1.165, 1.54) is 11.1 Å². The lowest BCUT2D eigenvalue weighted by Crippen LogP contribution is -1.85. The van der Waals surface area contributed by atoms with Gasteiger partial charge in [-0.25, -0.2) is 0 Å². The number of nitrogens with zero attached hydrogens (tertiary/aromatic N) is 2. The fraction of sp³-hybridized carbons (Fsp3) is 0.143. The van der Waals surface area contributed by atoms with Crippen molar-refractivity contribution in [2.75, 3.05) is 0 Å². The van der Waals surface area contributed by atoms with Gasteiger partial charge in [0.1, 0.15) is 0 Å². The van der Waals surface area contributed by atoms with Gasteiger partial charge in [-0.15, -0.1) is 0 Å². The molecule has 0 aliphatic rings. The van der Waals surface area contributed by atoms with E-state index < -0.39 is 0 Å². The van der Waals surface area contributed by atoms with Crippen LogP contribution in [0.1, 0.15) is 11.1 Å². The lowest BCUT2D eigenvalue weighted by molar-refractivity contribution is 1.05. The SMILES string of the molecule is C=CC=NCc1ccc(CN=CC=C)cc1. The predicted octanol–water partition coefficient (Wildman–Crippen LogP) is 3.20. The zero-order valence-electron chi connectivity index (χ0n) is 9.34. The molecular formula is C14H16N2.